The Balaban J connectivity index is 2.01. The normalized spacial score (nSPS) is 9.88. The maximum atomic E-state index is 11.0. The molecule has 2 heteroatoms. The van der Waals surface area contributed by atoms with Crippen LogP contribution in [0, 0.1) is 0 Å². The van der Waals surface area contributed by atoms with Crippen LogP contribution in [0.1, 0.15) is 11.1 Å². The molecule has 0 aliphatic heterocycles. The number of nitrogens with zero attached hydrogens (tertiary/aromatic N) is 1. The second kappa shape index (κ2) is 5.85. The fourth-order valence-corrected chi connectivity index (χ4v) is 1.77. The number of carbonyl (C=O) groups is 1. The zero-order valence-electron chi connectivity index (χ0n) is 9.62. The van der Waals surface area contributed by atoms with E-state index in [4.69, 9.17) is 0 Å². The summed E-state index contributed by atoms with van der Waals surface area (Å²) in [6.07, 6.45) is 0.903. The van der Waals surface area contributed by atoms with E-state index >= 15 is 0 Å². The molecule has 2 nitrogen and oxygen atoms in total. The van der Waals surface area contributed by atoms with Crippen molar-refractivity contribution >= 4 is 6.41 Å². The van der Waals surface area contributed by atoms with Crippen LogP contribution in [0.5, 0.6) is 0 Å². The van der Waals surface area contributed by atoms with Crippen molar-refractivity contribution in [2.75, 3.05) is 0 Å². The summed E-state index contributed by atoms with van der Waals surface area (Å²) in [5, 5.41) is 0. The first-order valence-electron chi connectivity index (χ1n) is 5.65. The lowest BCUT2D eigenvalue weighted by Crippen LogP contribution is -2.20. The van der Waals surface area contributed by atoms with Gasteiger partial charge in [0.05, 0.1) is 0 Å². The zero-order chi connectivity index (χ0) is 11.9. The van der Waals surface area contributed by atoms with Crippen LogP contribution in [0.3, 0.4) is 0 Å². The Hall–Kier alpha value is -2.09. The molecular weight excluding hydrogens is 210 g/mol. The van der Waals surface area contributed by atoms with Crippen molar-refractivity contribution < 1.29 is 4.79 Å². The molecule has 0 radical (unpaired) electrons. The van der Waals surface area contributed by atoms with E-state index in [0.717, 1.165) is 17.5 Å². The standard InChI is InChI=1S/C15H15NO/c17-13-16(11-14-7-3-1-4-8-14)12-15-9-5-2-6-10-15/h1-10,13H,11-12H2. The fourth-order valence-electron chi connectivity index (χ4n) is 1.77. The molecule has 2 aromatic rings. The largest absolute Gasteiger partial charge is 0.337 e. The molecule has 1 amide bonds. The van der Waals surface area contributed by atoms with Crippen molar-refractivity contribution in [1.82, 2.24) is 4.90 Å². The van der Waals surface area contributed by atoms with Gasteiger partial charge in [-0.15, -0.1) is 0 Å². The number of carbonyl (C=O) groups excluding carboxylic acids is 1. The summed E-state index contributed by atoms with van der Waals surface area (Å²) in [5.74, 6) is 0. The van der Waals surface area contributed by atoms with Gasteiger partial charge in [0.15, 0.2) is 0 Å². The maximum Gasteiger partial charge on any atom is 0.210 e. The highest BCUT2D eigenvalue weighted by molar-refractivity contribution is 5.47. The second-order valence-corrected chi connectivity index (χ2v) is 3.98. The van der Waals surface area contributed by atoms with Crippen molar-refractivity contribution in [3.63, 3.8) is 0 Å². The van der Waals surface area contributed by atoms with E-state index in [-0.39, 0.29) is 0 Å². The van der Waals surface area contributed by atoms with E-state index in [1.165, 1.54) is 0 Å². The van der Waals surface area contributed by atoms with Crippen LogP contribution < -0.4 is 0 Å². The molecule has 0 N–H and O–H groups in total. The number of hydrogen-bond donors (Lipinski definition) is 0. The molecule has 0 aliphatic carbocycles. The summed E-state index contributed by atoms with van der Waals surface area (Å²) in [6, 6.07) is 20.0. The lowest BCUT2D eigenvalue weighted by molar-refractivity contribution is -0.119. The third kappa shape index (κ3) is 3.45. The molecule has 2 rings (SSSR count). The Bertz CT molecular complexity index is 411. The second-order valence-electron chi connectivity index (χ2n) is 3.98. The molecule has 0 bridgehead atoms. The molecule has 0 atom stereocenters. The van der Waals surface area contributed by atoms with Crippen molar-refractivity contribution in [3.8, 4) is 0 Å². The van der Waals surface area contributed by atoms with Gasteiger partial charge in [0.25, 0.3) is 0 Å². The molecule has 0 saturated carbocycles. The Morgan fingerprint density at radius 2 is 1.18 bits per heavy atom. The van der Waals surface area contributed by atoms with Crippen molar-refractivity contribution in [2.24, 2.45) is 0 Å². The monoisotopic (exact) mass is 225 g/mol. The topological polar surface area (TPSA) is 20.3 Å². The highest BCUT2D eigenvalue weighted by Gasteiger charge is 2.03. The molecular formula is C15H15NO. The van der Waals surface area contributed by atoms with E-state index in [1.807, 2.05) is 60.7 Å². The summed E-state index contributed by atoms with van der Waals surface area (Å²) in [7, 11) is 0. The van der Waals surface area contributed by atoms with E-state index in [9.17, 15) is 4.79 Å². The average Bonchev–Trinajstić information content (AvgIpc) is 2.40. The van der Waals surface area contributed by atoms with Gasteiger partial charge in [-0.05, 0) is 11.1 Å². The summed E-state index contributed by atoms with van der Waals surface area (Å²) in [6.45, 7) is 1.30. The number of hydrogen-bond acceptors (Lipinski definition) is 1. The third-order valence-corrected chi connectivity index (χ3v) is 2.61. The van der Waals surface area contributed by atoms with Crippen molar-refractivity contribution in [1.29, 1.82) is 0 Å². The van der Waals surface area contributed by atoms with Crippen LogP contribution in [-0.2, 0) is 17.9 Å². The van der Waals surface area contributed by atoms with Crippen LogP contribution in [-0.4, -0.2) is 11.3 Å². The highest BCUT2D eigenvalue weighted by Crippen LogP contribution is 2.07. The first-order chi connectivity index (χ1) is 8.38. The van der Waals surface area contributed by atoms with Gasteiger partial charge in [-0.1, -0.05) is 60.7 Å². The predicted molar refractivity (Wildman–Crippen MR) is 68.2 cm³/mol. The van der Waals surface area contributed by atoms with E-state index in [0.29, 0.717) is 13.1 Å². The molecule has 0 saturated heterocycles. The van der Waals surface area contributed by atoms with Gasteiger partial charge in [-0.25, -0.2) is 0 Å². The molecule has 17 heavy (non-hydrogen) atoms. The molecule has 2 aromatic carbocycles. The van der Waals surface area contributed by atoms with E-state index in [2.05, 4.69) is 0 Å². The highest BCUT2D eigenvalue weighted by atomic mass is 16.1. The predicted octanol–water partition coefficient (Wildman–Crippen LogP) is 2.85. The van der Waals surface area contributed by atoms with E-state index < -0.39 is 0 Å². The molecule has 0 unspecified atom stereocenters. The minimum atomic E-state index is 0.652. The molecule has 0 aliphatic rings. The van der Waals surface area contributed by atoms with Crippen LogP contribution in [0.15, 0.2) is 60.7 Å². The lowest BCUT2D eigenvalue weighted by atomic mass is 10.2. The van der Waals surface area contributed by atoms with Gasteiger partial charge in [0.1, 0.15) is 0 Å². The lowest BCUT2D eigenvalue weighted by Gasteiger charge is -2.17. The average molecular weight is 225 g/mol. The number of rotatable bonds is 5. The summed E-state index contributed by atoms with van der Waals surface area (Å²) in [5.41, 5.74) is 2.30. The molecule has 0 heterocycles. The van der Waals surface area contributed by atoms with Gasteiger partial charge >= 0.3 is 0 Å². The smallest absolute Gasteiger partial charge is 0.210 e. The van der Waals surface area contributed by atoms with Crippen LogP contribution in [0.25, 0.3) is 0 Å². The number of amides is 1. The molecule has 86 valence electrons. The van der Waals surface area contributed by atoms with Gasteiger partial charge < -0.3 is 4.90 Å². The Morgan fingerprint density at radius 3 is 1.53 bits per heavy atom. The minimum absolute atomic E-state index is 0.652. The Labute approximate surface area is 102 Å². The summed E-state index contributed by atoms with van der Waals surface area (Å²) in [4.78, 5) is 12.8. The van der Waals surface area contributed by atoms with Gasteiger partial charge in [-0.3, -0.25) is 4.79 Å². The molecule has 0 fully saturated rings. The van der Waals surface area contributed by atoms with E-state index in [1.54, 1.807) is 4.90 Å². The quantitative estimate of drug-likeness (QED) is 0.716. The van der Waals surface area contributed by atoms with Crippen molar-refractivity contribution in [2.45, 2.75) is 13.1 Å². The van der Waals surface area contributed by atoms with Gasteiger partial charge in [0, 0.05) is 13.1 Å². The molecule has 0 aromatic heterocycles. The fraction of sp³-hybridized carbons (Fsp3) is 0.133. The first-order valence-corrected chi connectivity index (χ1v) is 5.65. The van der Waals surface area contributed by atoms with Crippen LogP contribution >= 0.6 is 0 Å². The first kappa shape index (κ1) is 11.4. The zero-order valence-corrected chi connectivity index (χ0v) is 9.62. The summed E-state index contributed by atoms with van der Waals surface area (Å²) >= 11 is 0. The maximum absolute atomic E-state index is 11.0. The van der Waals surface area contributed by atoms with Crippen LogP contribution in [0.4, 0.5) is 0 Å². The molecule has 0 spiro atoms. The van der Waals surface area contributed by atoms with Gasteiger partial charge in [-0.2, -0.15) is 0 Å². The minimum Gasteiger partial charge on any atom is -0.337 e. The number of benzene rings is 2. The third-order valence-electron chi connectivity index (χ3n) is 2.61. The SMILES string of the molecule is O=CN(Cc1ccccc1)Cc1ccccc1. The Morgan fingerprint density at radius 1 is 0.765 bits per heavy atom. The van der Waals surface area contributed by atoms with Crippen molar-refractivity contribution in [3.05, 3.63) is 71.8 Å². The summed E-state index contributed by atoms with van der Waals surface area (Å²) < 4.78 is 0. The Kier molecular flexibility index (Phi) is 3.92. The van der Waals surface area contributed by atoms with Gasteiger partial charge in [0.2, 0.25) is 6.41 Å². The van der Waals surface area contributed by atoms with Crippen LogP contribution in [0.2, 0.25) is 0 Å².